The molecule has 2 atom stereocenters. The summed E-state index contributed by atoms with van der Waals surface area (Å²) < 4.78 is 0. The van der Waals surface area contributed by atoms with Crippen molar-refractivity contribution in [3.63, 3.8) is 0 Å². The highest BCUT2D eigenvalue weighted by Crippen LogP contribution is 2.62. The first-order chi connectivity index (χ1) is 7.72. The number of aryl methyl sites for hydroxylation is 1. The van der Waals surface area contributed by atoms with E-state index in [0.29, 0.717) is 11.7 Å². The number of ketones is 1. The van der Waals surface area contributed by atoms with Gasteiger partial charge in [0.1, 0.15) is 0 Å². The van der Waals surface area contributed by atoms with Gasteiger partial charge in [-0.25, -0.2) is 0 Å². The highest BCUT2D eigenvalue weighted by atomic mass is 32.2. The molecule has 0 radical (unpaired) electrons. The third-order valence-corrected chi connectivity index (χ3v) is 4.71. The highest BCUT2D eigenvalue weighted by molar-refractivity contribution is 8.02. The molecule has 1 aliphatic heterocycles. The van der Waals surface area contributed by atoms with Crippen LogP contribution < -0.4 is 0 Å². The van der Waals surface area contributed by atoms with Crippen molar-refractivity contribution >= 4 is 17.5 Å². The third-order valence-electron chi connectivity index (χ3n) is 3.70. The fraction of sp³-hybridized carbons (Fsp3) is 0.357. The number of hydrogen-bond donors (Lipinski definition) is 0. The molecule has 1 spiro atoms. The van der Waals surface area contributed by atoms with Crippen molar-refractivity contribution in [2.75, 3.05) is 5.75 Å². The Labute approximate surface area is 99.9 Å². The molecule has 1 aromatic carbocycles. The Kier molecular flexibility index (Phi) is 2.21. The normalized spacial score (nSPS) is 32.1. The number of allylic oxidation sites excluding steroid dienone is 1. The largest absolute Gasteiger partial charge is 0.294 e. The zero-order valence-electron chi connectivity index (χ0n) is 9.27. The zero-order chi connectivity index (χ0) is 11.2. The van der Waals surface area contributed by atoms with E-state index < -0.39 is 0 Å². The minimum Gasteiger partial charge on any atom is -0.294 e. The van der Waals surface area contributed by atoms with Crippen molar-refractivity contribution in [2.24, 2.45) is 5.41 Å². The number of benzene rings is 1. The monoisotopic (exact) mass is 230 g/mol. The summed E-state index contributed by atoms with van der Waals surface area (Å²) in [7, 11) is 0. The van der Waals surface area contributed by atoms with E-state index in [0.717, 1.165) is 12.2 Å². The van der Waals surface area contributed by atoms with Gasteiger partial charge in [0, 0.05) is 11.2 Å². The van der Waals surface area contributed by atoms with E-state index in [1.807, 2.05) is 5.41 Å². The second-order valence-corrected chi connectivity index (χ2v) is 5.70. The van der Waals surface area contributed by atoms with Crippen LogP contribution in [0.4, 0.5) is 0 Å². The quantitative estimate of drug-likeness (QED) is 0.736. The van der Waals surface area contributed by atoms with Gasteiger partial charge >= 0.3 is 0 Å². The molecule has 0 N–H and O–H groups in total. The first-order valence-corrected chi connectivity index (χ1v) is 6.66. The van der Waals surface area contributed by atoms with Gasteiger partial charge in [-0.3, -0.25) is 4.79 Å². The van der Waals surface area contributed by atoms with Crippen molar-refractivity contribution < 1.29 is 4.79 Å². The molecule has 2 aliphatic rings. The first kappa shape index (κ1) is 10.2. The molecule has 0 bridgehead atoms. The number of rotatable bonds is 1. The summed E-state index contributed by atoms with van der Waals surface area (Å²) >= 11 is 1.77. The molecule has 1 saturated carbocycles. The third kappa shape index (κ3) is 1.44. The molecule has 0 amide bonds. The van der Waals surface area contributed by atoms with E-state index >= 15 is 0 Å². The molecule has 16 heavy (non-hydrogen) atoms. The standard InChI is InChI=1S/C14H14OS/c1-10-2-4-11(5-3-10)12-8-14(12)9-16-7-6-13(14)15/h2-7,12H,8-9H2,1H3/t12-,14-/m1/s1. The molecule has 2 heteroatoms. The molecule has 0 unspecified atom stereocenters. The van der Waals surface area contributed by atoms with Crippen LogP contribution in [0.5, 0.6) is 0 Å². The van der Waals surface area contributed by atoms with Gasteiger partial charge in [0.15, 0.2) is 5.78 Å². The van der Waals surface area contributed by atoms with E-state index in [9.17, 15) is 4.79 Å². The zero-order valence-corrected chi connectivity index (χ0v) is 10.1. The second-order valence-electron chi connectivity index (χ2n) is 4.80. The van der Waals surface area contributed by atoms with Gasteiger partial charge in [-0.15, -0.1) is 11.8 Å². The van der Waals surface area contributed by atoms with Crippen LogP contribution in [0.3, 0.4) is 0 Å². The average molecular weight is 230 g/mol. The Morgan fingerprint density at radius 2 is 2.06 bits per heavy atom. The van der Waals surface area contributed by atoms with E-state index in [4.69, 9.17) is 0 Å². The lowest BCUT2D eigenvalue weighted by Gasteiger charge is -2.16. The summed E-state index contributed by atoms with van der Waals surface area (Å²) in [5, 5.41) is 1.93. The van der Waals surface area contributed by atoms with Gasteiger partial charge in [0.05, 0.1) is 0 Å². The SMILES string of the molecule is Cc1ccc([C@H]2C[C@@]23CSC=CC3=O)cc1. The average Bonchev–Trinajstić information content (AvgIpc) is 3.00. The Balaban J connectivity index is 1.88. The Morgan fingerprint density at radius 3 is 2.75 bits per heavy atom. The fourth-order valence-corrected chi connectivity index (χ4v) is 3.59. The summed E-state index contributed by atoms with van der Waals surface area (Å²) in [6.45, 7) is 2.09. The maximum atomic E-state index is 11.9. The first-order valence-electron chi connectivity index (χ1n) is 5.61. The second kappa shape index (κ2) is 3.49. The molecular weight excluding hydrogens is 216 g/mol. The molecule has 0 aromatic heterocycles. The molecule has 1 nitrogen and oxygen atoms in total. The lowest BCUT2D eigenvalue weighted by molar-refractivity contribution is -0.118. The molecule has 1 aromatic rings. The number of carbonyl (C=O) groups excluding carboxylic acids is 1. The molecule has 3 rings (SSSR count). The molecule has 1 aliphatic carbocycles. The van der Waals surface area contributed by atoms with E-state index in [1.54, 1.807) is 17.8 Å². The molecule has 82 valence electrons. The minimum absolute atomic E-state index is 0.0608. The van der Waals surface area contributed by atoms with Crippen LogP contribution in [-0.2, 0) is 4.79 Å². The lowest BCUT2D eigenvalue weighted by Crippen LogP contribution is -2.20. The van der Waals surface area contributed by atoms with E-state index in [-0.39, 0.29) is 5.41 Å². The lowest BCUT2D eigenvalue weighted by atomic mass is 9.95. The van der Waals surface area contributed by atoms with Gasteiger partial charge in [0.2, 0.25) is 0 Å². The summed E-state index contributed by atoms with van der Waals surface area (Å²) in [5.74, 6) is 1.75. The summed E-state index contributed by atoms with van der Waals surface area (Å²) in [4.78, 5) is 11.9. The number of hydrogen-bond acceptors (Lipinski definition) is 2. The van der Waals surface area contributed by atoms with Crippen molar-refractivity contribution in [2.45, 2.75) is 19.3 Å². The topological polar surface area (TPSA) is 17.1 Å². The fourth-order valence-electron chi connectivity index (χ4n) is 2.52. The molecule has 1 heterocycles. The van der Waals surface area contributed by atoms with Gasteiger partial charge in [-0.2, -0.15) is 0 Å². The van der Waals surface area contributed by atoms with Crippen molar-refractivity contribution in [1.29, 1.82) is 0 Å². The summed E-state index contributed by atoms with van der Waals surface area (Å²) in [6, 6.07) is 8.62. The van der Waals surface area contributed by atoms with Gasteiger partial charge < -0.3 is 0 Å². The van der Waals surface area contributed by atoms with Gasteiger partial charge in [0.25, 0.3) is 0 Å². The van der Waals surface area contributed by atoms with Crippen LogP contribution in [0.15, 0.2) is 35.7 Å². The highest BCUT2D eigenvalue weighted by Gasteiger charge is 2.59. The van der Waals surface area contributed by atoms with E-state index in [2.05, 4.69) is 31.2 Å². The summed E-state index contributed by atoms with van der Waals surface area (Å²) in [5.41, 5.74) is 2.55. The van der Waals surface area contributed by atoms with Crippen molar-refractivity contribution in [1.82, 2.24) is 0 Å². The van der Waals surface area contributed by atoms with Crippen molar-refractivity contribution in [3.8, 4) is 0 Å². The van der Waals surface area contributed by atoms with Crippen molar-refractivity contribution in [3.05, 3.63) is 46.9 Å². The Morgan fingerprint density at radius 1 is 1.31 bits per heavy atom. The van der Waals surface area contributed by atoms with Crippen LogP contribution in [0.25, 0.3) is 0 Å². The van der Waals surface area contributed by atoms with Crippen LogP contribution in [0.2, 0.25) is 0 Å². The number of carbonyl (C=O) groups is 1. The van der Waals surface area contributed by atoms with Crippen LogP contribution in [0, 0.1) is 12.3 Å². The van der Waals surface area contributed by atoms with Gasteiger partial charge in [-0.05, 0) is 36.3 Å². The van der Waals surface area contributed by atoms with Crippen LogP contribution in [-0.4, -0.2) is 11.5 Å². The predicted molar refractivity (Wildman–Crippen MR) is 67.6 cm³/mol. The Bertz CT molecular complexity index is 460. The summed E-state index contributed by atoms with van der Waals surface area (Å²) in [6.07, 6.45) is 2.79. The Hall–Kier alpha value is -1.02. The van der Waals surface area contributed by atoms with E-state index in [1.165, 1.54) is 11.1 Å². The predicted octanol–water partition coefficient (Wildman–Crippen LogP) is 3.30. The maximum Gasteiger partial charge on any atom is 0.163 e. The van der Waals surface area contributed by atoms with Crippen LogP contribution >= 0.6 is 11.8 Å². The van der Waals surface area contributed by atoms with Crippen LogP contribution in [0.1, 0.15) is 23.5 Å². The number of thioether (sulfide) groups is 1. The molecule has 0 saturated heterocycles. The minimum atomic E-state index is -0.0608. The molecular formula is C14H14OS. The van der Waals surface area contributed by atoms with Gasteiger partial charge in [-0.1, -0.05) is 29.8 Å². The molecule has 1 fully saturated rings. The smallest absolute Gasteiger partial charge is 0.163 e. The maximum absolute atomic E-state index is 11.9.